The second-order valence-electron chi connectivity index (χ2n) is 4.13. The molecule has 0 aliphatic carbocycles. The lowest BCUT2D eigenvalue weighted by Crippen LogP contribution is -2.25. The summed E-state index contributed by atoms with van der Waals surface area (Å²) in [4.78, 5) is 21.5. The molecule has 0 spiro atoms. The number of nitro groups is 1. The van der Waals surface area contributed by atoms with E-state index in [9.17, 15) is 19.3 Å². The number of benzene rings is 1. The van der Waals surface area contributed by atoms with Crippen molar-refractivity contribution in [1.82, 2.24) is 5.32 Å². The zero-order chi connectivity index (χ0) is 14.4. The smallest absolute Gasteiger partial charge is 0.273 e. The van der Waals surface area contributed by atoms with Crippen molar-refractivity contribution in [3.8, 4) is 0 Å². The summed E-state index contributed by atoms with van der Waals surface area (Å²) in [5.74, 6) is -1.35. The minimum absolute atomic E-state index is 0.0205. The van der Waals surface area contributed by atoms with Gasteiger partial charge >= 0.3 is 0 Å². The molecule has 1 amide bonds. The van der Waals surface area contributed by atoms with Gasteiger partial charge in [-0.1, -0.05) is 0 Å². The average Bonchev–Trinajstić information content (AvgIpc) is 2.33. The van der Waals surface area contributed by atoms with Crippen molar-refractivity contribution in [2.75, 3.05) is 6.54 Å². The standard InChI is InChI=1S/C12H14ClFN2O3/c1-8(13)3-2-4-15-12(17)9-5-10(14)7-11(6-9)16(18)19/h5-8H,2-4H2,1H3,(H,15,17). The van der Waals surface area contributed by atoms with Gasteiger partial charge in [-0.15, -0.1) is 11.6 Å². The lowest BCUT2D eigenvalue weighted by atomic mass is 10.1. The first-order valence-corrected chi connectivity index (χ1v) is 6.21. The normalized spacial score (nSPS) is 11.9. The van der Waals surface area contributed by atoms with Gasteiger partial charge in [-0.25, -0.2) is 4.39 Å². The molecule has 0 heterocycles. The third-order valence-electron chi connectivity index (χ3n) is 2.42. The molecule has 1 rings (SSSR count). The molecular formula is C12H14ClFN2O3. The van der Waals surface area contributed by atoms with Crippen LogP contribution < -0.4 is 5.32 Å². The summed E-state index contributed by atoms with van der Waals surface area (Å²) < 4.78 is 13.1. The third kappa shape index (κ3) is 5.21. The van der Waals surface area contributed by atoms with Gasteiger partial charge in [0.05, 0.1) is 11.0 Å². The van der Waals surface area contributed by atoms with Crippen LogP contribution in [0.3, 0.4) is 0 Å². The van der Waals surface area contributed by atoms with Crippen LogP contribution in [0.1, 0.15) is 30.1 Å². The SMILES string of the molecule is CC(Cl)CCCNC(=O)c1cc(F)cc([N+](=O)[O-])c1. The van der Waals surface area contributed by atoms with E-state index in [1.807, 2.05) is 6.92 Å². The number of nitro benzene ring substituents is 1. The summed E-state index contributed by atoms with van der Waals surface area (Å²) in [7, 11) is 0. The van der Waals surface area contributed by atoms with Crippen LogP contribution in [0.2, 0.25) is 0 Å². The number of amides is 1. The average molecular weight is 289 g/mol. The molecule has 104 valence electrons. The van der Waals surface area contributed by atoms with Crippen molar-refractivity contribution in [3.05, 3.63) is 39.7 Å². The minimum Gasteiger partial charge on any atom is -0.352 e. The molecule has 19 heavy (non-hydrogen) atoms. The molecule has 0 radical (unpaired) electrons. The Bertz CT molecular complexity index is 480. The number of nitrogens with zero attached hydrogens (tertiary/aromatic N) is 1. The van der Waals surface area contributed by atoms with E-state index in [0.29, 0.717) is 13.0 Å². The predicted octanol–water partition coefficient (Wildman–Crippen LogP) is 2.87. The van der Waals surface area contributed by atoms with Crippen molar-refractivity contribution >= 4 is 23.2 Å². The summed E-state index contributed by atoms with van der Waals surface area (Å²) in [6, 6.07) is 2.78. The molecule has 0 aromatic heterocycles. The van der Waals surface area contributed by atoms with Crippen molar-refractivity contribution in [2.24, 2.45) is 0 Å². The summed E-state index contributed by atoms with van der Waals surface area (Å²) in [5, 5.41) is 13.1. The molecule has 1 aromatic rings. The number of nitrogens with one attached hydrogen (secondary N) is 1. The van der Waals surface area contributed by atoms with E-state index in [-0.39, 0.29) is 10.9 Å². The summed E-state index contributed by atoms with van der Waals surface area (Å²) in [5.41, 5.74) is -0.509. The van der Waals surface area contributed by atoms with E-state index in [4.69, 9.17) is 11.6 Å². The molecule has 1 unspecified atom stereocenters. The molecule has 0 fully saturated rings. The third-order valence-corrected chi connectivity index (χ3v) is 2.64. The van der Waals surface area contributed by atoms with Gasteiger partial charge in [0.2, 0.25) is 0 Å². The maximum atomic E-state index is 13.1. The summed E-state index contributed by atoms with van der Waals surface area (Å²) >= 11 is 5.75. The number of hydrogen-bond acceptors (Lipinski definition) is 3. The maximum absolute atomic E-state index is 13.1. The van der Waals surface area contributed by atoms with Crippen LogP contribution in [0.15, 0.2) is 18.2 Å². The molecule has 0 bridgehead atoms. The van der Waals surface area contributed by atoms with Crippen molar-refractivity contribution in [3.63, 3.8) is 0 Å². The molecule has 0 saturated carbocycles. The van der Waals surface area contributed by atoms with Crippen LogP contribution in [0.5, 0.6) is 0 Å². The molecule has 0 saturated heterocycles. The molecule has 1 atom stereocenters. The predicted molar refractivity (Wildman–Crippen MR) is 69.9 cm³/mol. The largest absolute Gasteiger partial charge is 0.352 e. The number of carbonyl (C=O) groups is 1. The zero-order valence-electron chi connectivity index (χ0n) is 10.4. The van der Waals surface area contributed by atoms with Gasteiger partial charge in [0.15, 0.2) is 0 Å². The minimum atomic E-state index is -0.811. The maximum Gasteiger partial charge on any atom is 0.273 e. The zero-order valence-corrected chi connectivity index (χ0v) is 11.1. The van der Waals surface area contributed by atoms with Crippen molar-refractivity contribution in [1.29, 1.82) is 0 Å². The Balaban J connectivity index is 2.64. The second kappa shape index (κ2) is 7.04. The first kappa shape index (κ1) is 15.4. The Kier molecular flexibility index (Phi) is 5.69. The van der Waals surface area contributed by atoms with Gasteiger partial charge in [-0.3, -0.25) is 14.9 Å². The van der Waals surface area contributed by atoms with Gasteiger partial charge in [0.1, 0.15) is 5.82 Å². The number of alkyl halides is 1. The Morgan fingerprint density at radius 1 is 1.53 bits per heavy atom. The molecule has 0 aliphatic rings. The van der Waals surface area contributed by atoms with Crippen LogP contribution in [-0.2, 0) is 0 Å². The Morgan fingerprint density at radius 3 is 2.79 bits per heavy atom. The van der Waals surface area contributed by atoms with Crippen LogP contribution in [0.25, 0.3) is 0 Å². The Labute approximate surface area is 114 Å². The highest BCUT2D eigenvalue weighted by atomic mass is 35.5. The summed E-state index contributed by atoms with van der Waals surface area (Å²) in [6.07, 6.45) is 1.43. The lowest BCUT2D eigenvalue weighted by Gasteiger charge is -2.06. The van der Waals surface area contributed by atoms with Crippen molar-refractivity contribution < 1.29 is 14.1 Å². The number of halogens is 2. The van der Waals surface area contributed by atoms with Crippen LogP contribution in [0, 0.1) is 15.9 Å². The second-order valence-corrected chi connectivity index (χ2v) is 4.88. The van der Waals surface area contributed by atoms with Gasteiger partial charge in [0.25, 0.3) is 11.6 Å². The quantitative estimate of drug-likeness (QED) is 0.379. The van der Waals surface area contributed by atoms with Gasteiger partial charge in [-0.2, -0.15) is 0 Å². The number of hydrogen-bond donors (Lipinski definition) is 1. The molecule has 1 N–H and O–H groups in total. The van der Waals surface area contributed by atoms with Gasteiger partial charge in [-0.05, 0) is 25.8 Å². The molecular weight excluding hydrogens is 275 g/mol. The van der Waals surface area contributed by atoms with Gasteiger partial charge < -0.3 is 5.32 Å². The van der Waals surface area contributed by atoms with Crippen LogP contribution >= 0.6 is 11.6 Å². The van der Waals surface area contributed by atoms with Crippen molar-refractivity contribution in [2.45, 2.75) is 25.1 Å². The molecule has 0 aliphatic heterocycles. The van der Waals surface area contributed by atoms with Crippen LogP contribution in [0.4, 0.5) is 10.1 Å². The van der Waals surface area contributed by atoms with Crippen LogP contribution in [-0.4, -0.2) is 22.8 Å². The van der Waals surface area contributed by atoms with E-state index in [1.165, 1.54) is 0 Å². The number of non-ortho nitro benzene ring substituents is 1. The fraction of sp³-hybridized carbons (Fsp3) is 0.417. The van der Waals surface area contributed by atoms with E-state index in [1.54, 1.807) is 0 Å². The number of rotatable bonds is 6. The highest BCUT2D eigenvalue weighted by molar-refractivity contribution is 6.20. The Hall–Kier alpha value is -1.69. The van der Waals surface area contributed by atoms with E-state index in [2.05, 4.69) is 5.32 Å². The summed E-state index contributed by atoms with van der Waals surface area (Å²) in [6.45, 7) is 2.24. The molecule has 7 heteroatoms. The number of carbonyl (C=O) groups excluding carboxylic acids is 1. The topological polar surface area (TPSA) is 72.2 Å². The van der Waals surface area contributed by atoms with E-state index in [0.717, 1.165) is 24.6 Å². The lowest BCUT2D eigenvalue weighted by molar-refractivity contribution is -0.385. The fourth-order valence-electron chi connectivity index (χ4n) is 1.50. The first-order chi connectivity index (χ1) is 8.90. The van der Waals surface area contributed by atoms with Gasteiger partial charge in [0, 0.05) is 23.6 Å². The van der Waals surface area contributed by atoms with E-state index >= 15 is 0 Å². The first-order valence-electron chi connectivity index (χ1n) is 5.77. The fourth-order valence-corrected chi connectivity index (χ4v) is 1.65. The highest BCUT2D eigenvalue weighted by Gasteiger charge is 2.14. The van der Waals surface area contributed by atoms with E-state index < -0.39 is 22.3 Å². The Morgan fingerprint density at radius 2 is 2.21 bits per heavy atom. The molecule has 5 nitrogen and oxygen atoms in total. The monoisotopic (exact) mass is 288 g/mol. The molecule has 1 aromatic carbocycles. The highest BCUT2D eigenvalue weighted by Crippen LogP contribution is 2.16.